The van der Waals surface area contributed by atoms with E-state index in [2.05, 4.69) is 15.0 Å². The van der Waals surface area contributed by atoms with E-state index in [1.165, 1.54) is 29.7 Å². The Kier molecular flexibility index (Phi) is 8.23. The van der Waals surface area contributed by atoms with Crippen LogP contribution in [0.3, 0.4) is 0 Å². The average molecular weight is 677 g/mol. The number of likely N-dealkylation sites (tertiary alicyclic amines) is 2. The van der Waals surface area contributed by atoms with Gasteiger partial charge in [0, 0.05) is 42.9 Å². The van der Waals surface area contributed by atoms with E-state index < -0.39 is 41.1 Å². The van der Waals surface area contributed by atoms with Gasteiger partial charge in [0.05, 0.1) is 6.04 Å². The Hall–Kier alpha value is -4.85. The van der Waals surface area contributed by atoms with Gasteiger partial charge >= 0.3 is 17.9 Å². The number of nitrogens with one attached hydrogen (secondary N) is 2. The lowest BCUT2D eigenvalue weighted by Crippen LogP contribution is -2.70. The molecular formula is C26H28N8O10S2. The SMILES string of the molecule is Cc1oc(=O)oc1COC(=O)N1CCC(N2CC/C(=C\C3=C(C(=O)O)N4C(=O)[C@@H](NC(=O)/C(N)=C5\N=C(N)SN5)C4SC3)C2=O)C1. The first-order valence-corrected chi connectivity index (χ1v) is 15.8. The molecule has 1 aromatic heterocycles. The van der Waals surface area contributed by atoms with Gasteiger partial charge in [0.1, 0.15) is 22.8 Å². The van der Waals surface area contributed by atoms with Crippen molar-refractivity contribution < 1.29 is 42.7 Å². The number of carboxylic acid groups (broad SMARTS) is 1. The van der Waals surface area contributed by atoms with Crippen LogP contribution in [0.15, 0.2) is 53.1 Å². The predicted octanol–water partition coefficient (Wildman–Crippen LogP) is -1.16. The maximum atomic E-state index is 13.4. The van der Waals surface area contributed by atoms with Crippen molar-refractivity contribution in [3.05, 3.63) is 56.6 Å². The molecule has 0 bridgehead atoms. The van der Waals surface area contributed by atoms with Crippen LogP contribution in [0.1, 0.15) is 24.4 Å². The molecule has 5 aliphatic heterocycles. The second kappa shape index (κ2) is 12.2. The quantitative estimate of drug-likeness (QED) is 0.130. The normalized spacial score (nSPS) is 26.2. The predicted molar refractivity (Wildman–Crippen MR) is 160 cm³/mol. The van der Waals surface area contributed by atoms with Crippen molar-refractivity contribution >= 4 is 58.7 Å². The number of carboxylic acids is 1. The first-order chi connectivity index (χ1) is 21.9. The van der Waals surface area contributed by atoms with Crippen LogP contribution in [0, 0.1) is 6.92 Å². The van der Waals surface area contributed by atoms with Crippen LogP contribution in [0.2, 0.25) is 0 Å². The zero-order valence-corrected chi connectivity index (χ0v) is 25.8. The fraction of sp³-hybridized carbons (Fsp3) is 0.423. The standard InChI is InChI=1S/C26H28N8O10S2/c1-10-14(44-26(41)43-10)8-42-25(40)32-4-3-13(7-32)33-5-2-11(20(33)36)6-12-9-45-22-16(21(37)34(22)17(12)23(38)39)29-19(35)15(27)18-30-24(28)46-31-18/h6,13,16,22,31H,2-5,7-9,27H2,1H3,(H2,28,30)(H,29,35)(H,38,39)/b11-6+,18-15-/t13?,16-,22?/m1/s1. The monoisotopic (exact) mass is 676 g/mol. The van der Waals surface area contributed by atoms with Crippen molar-refractivity contribution in [2.75, 3.05) is 25.4 Å². The third-order valence-corrected chi connectivity index (χ3v) is 9.89. The summed E-state index contributed by atoms with van der Waals surface area (Å²) >= 11 is 2.23. The van der Waals surface area contributed by atoms with Gasteiger partial charge in [0.25, 0.3) is 11.8 Å². The maximum absolute atomic E-state index is 13.4. The molecule has 4 amide bonds. The fourth-order valence-electron chi connectivity index (χ4n) is 5.67. The van der Waals surface area contributed by atoms with Crippen molar-refractivity contribution in [3.8, 4) is 0 Å². The molecule has 5 aliphatic rings. The molecule has 3 saturated heterocycles. The highest BCUT2D eigenvalue weighted by atomic mass is 32.2. The summed E-state index contributed by atoms with van der Waals surface area (Å²) in [6.45, 7) is 2.20. The molecule has 3 atom stereocenters. The third-order valence-electron chi connectivity index (χ3n) is 7.99. The van der Waals surface area contributed by atoms with Crippen LogP contribution in [0.4, 0.5) is 4.79 Å². The molecule has 0 aromatic carbocycles. The van der Waals surface area contributed by atoms with Crippen LogP contribution in [0.25, 0.3) is 0 Å². The number of aliphatic carboxylic acids is 1. The summed E-state index contributed by atoms with van der Waals surface area (Å²) in [6, 6.07) is -1.29. The highest BCUT2D eigenvalue weighted by Crippen LogP contribution is 2.41. The lowest BCUT2D eigenvalue weighted by molar-refractivity contribution is -0.150. The van der Waals surface area contributed by atoms with Crippen molar-refractivity contribution in [2.45, 2.75) is 43.8 Å². The zero-order valence-electron chi connectivity index (χ0n) is 24.1. The average Bonchev–Trinajstić information content (AvgIpc) is 3.82. The molecule has 46 heavy (non-hydrogen) atoms. The van der Waals surface area contributed by atoms with Crippen LogP contribution in [-0.2, 0) is 30.5 Å². The Balaban J connectivity index is 1.09. The summed E-state index contributed by atoms with van der Waals surface area (Å²) in [5.74, 6) is -3.35. The van der Waals surface area contributed by atoms with Gasteiger partial charge in [-0.1, -0.05) is 0 Å². The molecule has 6 heterocycles. The van der Waals surface area contributed by atoms with E-state index in [-0.39, 0.29) is 64.8 Å². The van der Waals surface area contributed by atoms with Gasteiger partial charge in [-0.05, 0) is 31.4 Å². The number of allylic oxidation sites excluding steroid dienone is 1. The van der Waals surface area contributed by atoms with E-state index in [0.717, 1.165) is 16.8 Å². The highest BCUT2D eigenvalue weighted by Gasteiger charge is 2.54. The van der Waals surface area contributed by atoms with Gasteiger partial charge in [-0.25, -0.2) is 19.4 Å². The van der Waals surface area contributed by atoms with Gasteiger partial charge in [0.2, 0.25) is 5.91 Å². The van der Waals surface area contributed by atoms with Crippen molar-refractivity contribution in [1.29, 1.82) is 0 Å². The van der Waals surface area contributed by atoms with Gasteiger partial charge < -0.3 is 50.0 Å². The number of fused-ring (bicyclic) bond motifs is 1. The molecule has 7 N–H and O–H groups in total. The molecular weight excluding hydrogens is 648 g/mol. The molecule has 6 rings (SSSR count). The zero-order chi connectivity index (χ0) is 32.9. The lowest BCUT2D eigenvalue weighted by Gasteiger charge is -2.49. The Bertz CT molecular complexity index is 1730. The minimum atomic E-state index is -1.34. The lowest BCUT2D eigenvalue weighted by atomic mass is 10.0. The van der Waals surface area contributed by atoms with Gasteiger partial charge in [-0.15, -0.1) is 11.8 Å². The second-order valence-electron chi connectivity index (χ2n) is 10.8. The molecule has 244 valence electrons. The largest absolute Gasteiger partial charge is 0.519 e. The van der Waals surface area contributed by atoms with Crippen molar-refractivity contribution in [3.63, 3.8) is 0 Å². The first kappa shape index (κ1) is 31.1. The van der Waals surface area contributed by atoms with E-state index in [1.807, 2.05) is 0 Å². The smallest absolute Gasteiger partial charge is 0.477 e. The Morgan fingerprint density at radius 3 is 2.70 bits per heavy atom. The summed E-state index contributed by atoms with van der Waals surface area (Å²) in [5.41, 5.74) is 11.6. The summed E-state index contributed by atoms with van der Waals surface area (Å²) in [4.78, 5) is 83.3. The number of amides is 4. The van der Waals surface area contributed by atoms with Crippen LogP contribution in [-0.4, -0.2) is 97.6 Å². The Labute approximate surface area is 268 Å². The van der Waals surface area contributed by atoms with E-state index in [9.17, 15) is 33.9 Å². The molecule has 2 unspecified atom stereocenters. The first-order valence-electron chi connectivity index (χ1n) is 13.9. The van der Waals surface area contributed by atoms with Gasteiger partial charge in [-0.2, -0.15) is 0 Å². The van der Waals surface area contributed by atoms with Crippen molar-refractivity contribution in [1.82, 2.24) is 24.7 Å². The highest BCUT2D eigenvalue weighted by molar-refractivity contribution is 8.12. The number of hydrogen-bond donors (Lipinski definition) is 5. The van der Waals surface area contributed by atoms with Crippen molar-refractivity contribution in [2.24, 2.45) is 16.5 Å². The Morgan fingerprint density at radius 1 is 1.24 bits per heavy atom. The molecule has 18 nitrogen and oxygen atoms in total. The third kappa shape index (κ3) is 5.68. The number of ether oxygens (including phenoxy) is 1. The summed E-state index contributed by atoms with van der Waals surface area (Å²) in [6.07, 6.45) is 1.76. The second-order valence-corrected chi connectivity index (χ2v) is 12.7. The van der Waals surface area contributed by atoms with E-state index >= 15 is 0 Å². The van der Waals surface area contributed by atoms with E-state index in [0.29, 0.717) is 37.1 Å². The molecule has 0 radical (unpaired) electrons. The topological polar surface area (TPSA) is 256 Å². The molecule has 0 aliphatic carbocycles. The number of nitrogens with two attached hydrogens (primary N) is 2. The van der Waals surface area contributed by atoms with Crippen LogP contribution < -0.4 is 27.3 Å². The van der Waals surface area contributed by atoms with Gasteiger partial charge in [-0.3, -0.25) is 19.3 Å². The fourth-order valence-corrected chi connectivity index (χ4v) is 7.47. The van der Waals surface area contributed by atoms with Crippen LogP contribution >= 0.6 is 23.7 Å². The number of rotatable bonds is 7. The molecule has 3 fully saturated rings. The summed E-state index contributed by atoms with van der Waals surface area (Å²) in [7, 11) is 0. The molecule has 1 aromatic rings. The van der Waals surface area contributed by atoms with Gasteiger partial charge in [0.15, 0.2) is 29.1 Å². The maximum Gasteiger partial charge on any atom is 0.519 e. The number of carbonyl (C=O) groups excluding carboxylic acids is 4. The van der Waals surface area contributed by atoms with E-state index in [4.69, 9.17) is 25.0 Å². The summed E-state index contributed by atoms with van der Waals surface area (Å²) in [5, 5.41) is 12.1. The number of amidine groups is 1. The minimum absolute atomic E-state index is 0.0529. The summed E-state index contributed by atoms with van der Waals surface area (Å²) < 4.78 is 17.5. The number of thioether (sulfide) groups is 1. The number of aryl methyl sites for hydroxylation is 1. The minimum Gasteiger partial charge on any atom is -0.477 e. The Morgan fingerprint density at radius 2 is 2.02 bits per heavy atom. The van der Waals surface area contributed by atoms with Crippen LogP contribution in [0.5, 0.6) is 0 Å². The number of aliphatic imine (C=N–C) groups is 1. The number of β-lactam (4-membered cyclic amide) rings is 1. The molecule has 0 saturated carbocycles. The number of hydrogen-bond acceptors (Lipinski definition) is 15. The molecule has 0 spiro atoms. The van der Waals surface area contributed by atoms with E-state index in [1.54, 1.807) is 4.90 Å². The molecule has 20 heteroatoms. The number of nitrogens with zero attached hydrogens (tertiary/aromatic N) is 4. The number of carbonyl (C=O) groups is 5.